The molecule has 0 aliphatic carbocycles. The Kier molecular flexibility index (Phi) is 2.37. The minimum atomic E-state index is 0.152. The summed E-state index contributed by atoms with van der Waals surface area (Å²) >= 11 is 0. The standard InChI is InChI=1S/C12H13NO/c1-3-11(13-2)10-8-14-12-7-5-4-6-9(10)12/h3-8,11,13H,1H2,2H3. The molecule has 2 aromatic rings. The maximum atomic E-state index is 5.45. The largest absolute Gasteiger partial charge is 0.464 e. The summed E-state index contributed by atoms with van der Waals surface area (Å²) in [5.41, 5.74) is 2.06. The third-order valence-corrected chi connectivity index (χ3v) is 2.39. The molecule has 0 fully saturated rings. The molecule has 14 heavy (non-hydrogen) atoms. The van der Waals surface area contributed by atoms with E-state index in [4.69, 9.17) is 4.42 Å². The van der Waals surface area contributed by atoms with Gasteiger partial charge in [0, 0.05) is 10.9 Å². The summed E-state index contributed by atoms with van der Waals surface area (Å²) in [6, 6.07) is 8.16. The molecule has 2 rings (SSSR count). The molecule has 0 spiro atoms. The molecule has 1 heterocycles. The van der Waals surface area contributed by atoms with Crippen molar-refractivity contribution < 1.29 is 4.42 Å². The SMILES string of the molecule is C=CC(NC)c1coc2ccccc12. The van der Waals surface area contributed by atoms with Gasteiger partial charge in [-0.3, -0.25) is 0 Å². The molecule has 0 radical (unpaired) electrons. The van der Waals surface area contributed by atoms with Crippen molar-refractivity contribution in [3.63, 3.8) is 0 Å². The number of rotatable bonds is 3. The van der Waals surface area contributed by atoms with Gasteiger partial charge in [0.25, 0.3) is 0 Å². The highest BCUT2D eigenvalue weighted by Gasteiger charge is 2.11. The molecular formula is C12H13NO. The van der Waals surface area contributed by atoms with Crippen LogP contribution in [0.4, 0.5) is 0 Å². The molecule has 0 aliphatic heterocycles. The molecule has 72 valence electrons. The Bertz CT molecular complexity index is 444. The molecule has 0 saturated heterocycles. The molecule has 0 saturated carbocycles. The number of likely N-dealkylation sites (N-methyl/N-ethyl adjacent to an activating group) is 1. The van der Waals surface area contributed by atoms with E-state index in [2.05, 4.69) is 18.0 Å². The molecule has 2 heteroatoms. The van der Waals surface area contributed by atoms with Crippen LogP contribution in [-0.4, -0.2) is 7.05 Å². The fraction of sp³-hybridized carbons (Fsp3) is 0.167. The maximum absolute atomic E-state index is 5.45. The number of fused-ring (bicyclic) bond motifs is 1. The average Bonchev–Trinajstić information content (AvgIpc) is 2.65. The van der Waals surface area contributed by atoms with Crippen LogP contribution in [0.25, 0.3) is 11.0 Å². The van der Waals surface area contributed by atoms with Gasteiger partial charge in [-0.25, -0.2) is 0 Å². The molecule has 0 bridgehead atoms. The quantitative estimate of drug-likeness (QED) is 0.747. The Morgan fingerprint density at radius 2 is 2.21 bits per heavy atom. The lowest BCUT2D eigenvalue weighted by atomic mass is 10.1. The van der Waals surface area contributed by atoms with Crippen LogP contribution in [0.2, 0.25) is 0 Å². The van der Waals surface area contributed by atoms with Crippen molar-refractivity contribution in [2.24, 2.45) is 0 Å². The van der Waals surface area contributed by atoms with Gasteiger partial charge in [0.05, 0.1) is 12.3 Å². The summed E-state index contributed by atoms with van der Waals surface area (Å²) < 4.78 is 5.45. The van der Waals surface area contributed by atoms with E-state index in [-0.39, 0.29) is 6.04 Å². The Morgan fingerprint density at radius 3 is 2.93 bits per heavy atom. The van der Waals surface area contributed by atoms with Crippen molar-refractivity contribution >= 4 is 11.0 Å². The van der Waals surface area contributed by atoms with E-state index in [1.54, 1.807) is 6.26 Å². The van der Waals surface area contributed by atoms with Gasteiger partial charge in [-0.1, -0.05) is 24.3 Å². The molecule has 1 aromatic carbocycles. The van der Waals surface area contributed by atoms with Crippen molar-refractivity contribution in [2.75, 3.05) is 7.05 Å². The van der Waals surface area contributed by atoms with Crippen LogP contribution in [0.15, 0.2) is 47.6 Å². The fourth-order valence-electron chi connectivity index (χ4n) is 1.64. The van der Waals surface area contributed by atoms with Gasteiger partial charge < -0.3 is 9.73 Å². The molecule has 1 aromatic heterocycles. The number of hydrogen-bond donors (Lipinski definition) is 1. The van der Waals surface area contributed by atoms with Crippen LogP contribution >= 0.6 is 0 Å². The van der Waals surface area contributed by atoms with Crippen LogP contribution in [-0.2, 0) is 0 Å². The fourth-order valence-corrected chi connectivity index (χ4v) is 1.64. The number of hydrogen-bond acceptors (Lipinski definition) is 2. The van der Waals surface area contributed by atoms with E-state index in [1.165, 1.54) is 0 Å². The Balaban J connectivity index is 2.57. The topological polar surface area (TPSA) is 25.2 Å². The lowest BCUT2D eigenvalue weighted by molar-refractivity contribution is 0.600. The minimum absolute atomic E-state index is 0.152. The molecule has 1 N–H and O–H groups in total. The van der Waals surface area contributed by atoms with E-state index in [0.717, 1.165) is 16.5 Å². The van der Waals surface area contributed by atoms with Crippen molar-refractivity contribution in [2.45, 2.75) is 6.04 Å². The summed E-state index contributed by atoms with van der Waals surface area (Å²) in [6.45, 7) is 3.79. The summed E-state index contributed by atoms with van der Waals surface area (Å²) in [4.78, 5) is 0. The van der Waals surface area contributed by atoms with Crippen molar-refractivity contribution in [1.82, 2.24) is 5.32 Å². The summed E-state index contributed by atoms with van der Waals surface area (Å²) in [5.74, 6) is 0. The Morgan fingerprint density at radius 1 is 1.43 bits per heavy atom. The van der Waals surface area contributed by atoms with Gasteiger partial charge in [0.2, 0.25) is 0 Å². The van der Waals surface area contributed by atoms with Crippen molar-refractivity contribution in [3.05, 3.63) is 48.7 Å². The second kappa shape index (κ2) is 3.68. The highest BCUT2D eigenvalue weighted by molar-refractivity contribution is 5.81. The monoisotopic (exact) mass is 187 g/mol. The van der Waals surface area contributed by atoms with Gasteiger partial charge in [-0.05, 0) is 13.1 Å². The zero-order valence-corrected chi connectivity index (χ0v) is 8.16. The highest BCUT2D eigenvalue weighted by atomic mass is 16.3. The Labute approximate surface area is 83.2 Å². The molecule has 0 aliphatic rings. The first-order chi connectivity index (χ1) is 6.86. The van der Waals surface area contributed by atoms with Crippen LogP contribution < -0.4 is 5.32 Å². The maximum Gasteiger partial charge on any atom is 0.134 e. The normalized spacial score (nSPS) is 12.9. The zero-order chi connectivity index (χ0) is 9.97. The van der Waals surface area contributed by atoms with Gasteiger partial charge in [-0.15, -0.1) is 6.58 Å². The average molecular weight is 187 g/mol. The second-order valence-corrected chi connectivity index (χ2v) is 3.19. The van der Waals surface area contributed by atoms with Crippen molar-refractivity contribution in [3.8, 4) is 0 Å². The van der Waals surface area contributed by atoms with Gasteiger partial charge in [0.1, 0.15) is 5.58 Å². The molecular weight excluding hydrogens is 174 g/mol. The molecule has 1 unspecified atom stereocenters. The third kappa shape index (κ3) is 1.34. The predicted molar refractivity (Wildman–Crippen MR) is 58.2 cm³/mol. The predicted octanol–water partition coefficient (Wildman–Crippen LogP) is 2.88. The summed E-state index contributed by atoms with van der Waals surface area (Å²) in [5, 5.41) is 4.31. The van der Waals surface area contributed by atoms with Crippen LogP contribution in [0.5, 0.6) is 0 Å². The van der Waals surface area contributed by atoms with Gasteiger partial charge in [-0.2, -0.15) is 0 Å². The highest BCUT2D eigenvalue weighted by Crippen LogP contribution is 2.26. The van der Waals surface area contributed by atoms with E-state index in [1.807, 2.05) is 31.3 Å². The molecule has 0 amide bonds. The number of furan rings is 1. The van der Waals surface area contributed by atoms with E-state index >= 15 is 0 Å². The lowest BCUT2D eigenvalue weighted by Gasteiger charge is -2.08. The van der Waals surface area contributed by atoms with Gasteiger partial charge >= 0.3 is 0 Å². The second-order valence-electron chi connectivity index (χ2n) is 3.19. The number of nitrogens with one attached hydrogen (secondary N) is 1. The van der Waals surface area contributed by atoms with Crippen LogP contribution in [0.1, 0.15) is 11.6 Å². The third-order valence-electron chi connectivity index (χ3n) is 2.39. The first-order valence-corrected chi connectivity index (χ1v) is 4.62. The van der Waals surface area contributed by atoms with E-state index in [9.17, 15) is 0 Å². The lowest BCUT2D eigenvalue weighted by Crippen LogP contribution is -2.12. The number of para-hydroxylation sites is 1. The first-order valence-electron chi connectivity index (χ1n) is 4.62. The number of benzene rings is 1. The van der Waals surface area contributed by atoms with Crippen LogP contribution in [0, 0.1) is 0 Å². The minimum Gasteiger partial charge on any atom is -0.464 e. The van der Waals surface area contributed by atoms with E-state index < -0.39 is 0 Å². The summed E-state index contributed by atoms with van der Waals surface area (Å²) in [7, 11) is 1.91. The summed E-state index contributed by atoms with van der Waals surface area (Å²) in [6.07, 6.45) is 3.66. The van der Waals surface area contributed by atoms with E-state index in [0.29, 0.717) is 0 Å². The Hall–Kier alpha value is -1.54. The van der Waals surface area contributed by atoms with Crippen LogP contribution in [0.3, 0.4) is 0 Å². The molecule has 1 atom stereocenters. The first kappa shape index (κ1) is 9.03. The van der Waals surface area contributed by atoms with Gasteiger partial charge in [0.15, 0.2) is 0 Å². The zero-order valence-electron chi connectivity index (χ0n) is 8.16. The smallest absolute Gasteiger partial charge is 0.134 e. The molecule has 2 nitrogen and oxygen atoms in total. The van der Waals surface area contributed by atoms with Crippen molar-refractivity contribution in [1.29, 1.82) is 0 Å².